The molecular weight excluding hydrogens is 308 g/mol. The van der Waals surface area contributed by atoms with E-state index in [1.54, 1.807) is 48.8 Å². The summed E-state index contributed by atoms with van der Waals surface area (Å²) in [5.74, 6) is 0. The minimum absolute atomic E-state index is 0.228. The van der Waals surface area contributed by atoms with E-state index in [2.05, 4.69) is 9.71 Å². The van der Waals surface area contributed by atoms with Gasteiger partial charge >= 0.3 is 0 Å². The van der Waals surface area contributed by atoms with E-state index in [4.69, 9.17) is 0 Å². The molecule has 116 valence electrons. The average Bonchev–Trinajstić information content (AvgIpc) is 2.55. The summed E-state index contributed by atoms with van der Waals surface area (Å²) in [6.45, 7) is 1.92. The van der Waals surface area contributed by atoms with Gasteiger partial charge in [0.1, 0.15) is 0 Å². The Morgan fingerprint density at radius 1 is 0.913 bits per heavy atom. The quantitative estimate of drug-likeness (QED) is 0.793. The highest BCUT2D eigenvalue weighted by molar-refractivity contribution is 7.92. The molecule has 4 nitrogen and oxygen atoms in total. The van der Waals surface area contributed by atoms with Crippen molar-refractivity contribution in [3.05, 3.63) is 78.6 Å². The zero-order chi connectivity index (χ0) is 16.3. The monoisotopic (exact) mass is 324 g/mol. The topological polar surface area (TPSA) is 59.1 Å². The third-order valence-corrected chi connectivity index (χ3v) is 4.83. The maximum Gasteiger partial charge on any atom is 0.261 e. The predicted molar refractivity (Wildman–Crippen MR) is 91.7 cm³/mol. The molecule has 1 N–H and O–H groups in total. The molecule has 0 amide bonds. The van der Waals surface area contributed by atoms with Gasteiger partial charge in [0.05, 0.1) is 4.90 Å². The third kappa shape index (κ3) is 3.57. The van der Waals surface area contributed by atoms with Crippen molar-refractivity contribution in [2.45, 2.75) is 11.8 Å². The van der Waals surface area contributed by atoms with Crippen molar-refractivity contribution in [3.8, 4) is 11.1 Å². The summed E-state index contributed by atoms with van der Waals surface area (Å²) < 4.78 is 27.5. The van der Waals surface area contributed by atoms with Gasteiger partial charge in [-0.05, 0) is 53.9 Å². The first-order chi connectivity index (χ1) is 11.0. The maximum atomic E-state index is 12.4. The second-order valence-corrected chi connectivity index (χ2v) is 6.92. The van der Waals surface area contributed by atoms with Crippen LogP contribution in [0.4, 0.5) is 5.69 Å². The summed E-state index contributed by atoms with van der Waals surface area (Å²) in [5, 5.41) is 0. The van der Waals surface area contributed by atoms with Crippen LogP contribution in [0.5, 0.6) is 0 Å². The lowest BCUT2D eigenvalue weighted by Crippen LogP contribution is -2.12. The van der Waals surface area contributed by atoms with E-state index in [1.165, 1.54) is 0 Å². The predicted octanol–water partition coefficient (Wildman–Crippen LogP) is 3.86. The van der Waals surface area contributed by atoms with Crippen LogP contribution in [-0.4, -0.2) is 13.4 Å². The smallest absolute Gasteiger partial charge is 0.261 e. The van der Waals surface area contributed by atoms with Gasteiger partial charge < -0.3 is 0 Å². The molecule has 0 fully saturated rings. The number of sulfonamides is 1. The first kappa shape index (κ1) is 15.2. The second kappa shape index (κ2) is 6.22. The van der Waals surface area contributed by atoms with Gasteiger partial charge in [0.2, 0.25) is 0 Å². The van der Waals surface area contributed by atoms with E-state index in [0.717, 1.165) is 16.7 Å². The highest BCUT2D eigenvalue weighted by Crippen LogP contribution is 2.22. The van der Waals surface area contributed by atoms with E-state index < -0.39 is 10.0 Å². The number of nitrogens with one attached hydrogen (secondary N) is 1. The Labute approximate surface area is 135 Å². The van der Waals surface area contributed by atoms with Gasteiger partial charge in [-0.3, -0.25) is 9.71 Å². The molecule has 0 radical (unpaired) electrons. The summed E-state index contributed by atoms with van der Waals surface area (Å²) in [6.07, 6.45) is 3.45. The Morgan fingerprint density at radius 3 is 2.35 bits per heavy atom. The van der Waals surface area contributed by atoms with Gasteiger partial charge in [-0.25, -0.2) is 8.42 Å². The Bertz CT molecular complexity index is 905. The highest BCUT2D eigenvalue weighted by atomic mass is 32.2. The summed E-state index contributed by atoms with van der Waals surface area (Å²) in [7, 11) is -3.59. The standard InChI is InChI=1S/C18H16N2O2S/c1-14-4-2-6-17(12-14)20-23(21,22)18-9-7-15(8-10-18)16-5-3-11-19-13-16/h2-13,20H,1H3. The Balaban J connectivity index is 1.86. The van der Waals surface area contributed by atoms with Crippen molar-refractivity contribution in [3.63, 3.8) is 0 Å². The summed E-state index contributed by atoms with van der Waals surface area (Å²) >= 11 is 0. The lowest BCUT2D eigenvalue weighted by atomic mass is 10.1. The lowest BCUT2D eigenvalue weighted by molar-refractivity contribution is 0.601. The van der Waals surface area contributed by atoms with Crippen molar-refractivity contribution in [1.82, 2.24) is 4.98 Å². The fourth-order valence-electron chi connectivity index (χ4n) is 2.28. The highest BCUT2D eigenvalue weighted by Gasteiger charge is 2.14. The molecule has 0 bridgehead atoms. The first-order valence-corrected chi connectivity index (χ1v) is 8.63. The van der Waals surface area contributed by atoms with Gasteiger partial charge in [0.25, 0.3) is 10.0 Å². The van der Waals surface area contributed by atoms with Crippen molar-refractivity contribution in [2.24, 2.45) is 0 Å². The third-order valence-electron chi connectivity index (χ3n) is 3.43. The molecule has 0 spiro atoms. The van der Waals surface area contributed by atoms with Crippen molar-refractivity contribution >= 4 is 15.7 Å². The van der Waals surface area contributed by atoms with E-state index in [0.29, 0.717) is 5.69 Å². The molecule has 5 heteroatoms. The first-order valence-electron chi connectivity index (χ1n) is 7.14. The molecule has 23 heavy (non-hydrogen) atoms. The molecule has 1 heterocycles. The number of pyridine rings is 1. The van der Waals surface area contributed by atoms with Gasteiger partial charge in [0.15, 0.2) is 0 Å². The van der Waals surface area contributed by atoms with Crippen LogP contribution < -0.4 is 4.72 Å². The van der Waals surface area contributed by atoms with E-state index in [-0.39, 0.29) is 4.90 Å². The number of rotatable bonds is 4. The number of nitrogens with zero attached hydrogens (tertiary/aromatic N) is 1. The summed E-state index contributed by atoms with van der Waals surface area (Å²) in [5.41, 5.74) is 3.43. The fraction of sp³-hybridized carbons (Fsp3) is 0.0556. The zero-order valence-electron chi connectivity index (χ0n) is 12.6. The molecule has 2 aromatic carbocycles. The SMILES string of the molecule is Cc1cccc(NS(=O)(=O)c2ccc(-c3cccnc3)cc2)c1. The van der Waals surface area contributed by atoms with Crippen molar-refractivity contribution in [1.29, 1.82) is 0 Å². The van der Waals surface area contributed by atoms with Crippen LogP contribution in [0.1, 0.15) is 5.56 Å². The van der Waals surface area contributed by atoms with E-state index in [9.17, 15) is 8.42 Å². The fourth-order valence-corrected chi connectivity index (χ4v) is 3.33. The van der Waals surface area contributed by atoms with Crippen LogP contribution in [0, 0.1) is 6.92 Å². The molecule has 0 saturated heterocycles. The molecule has 0 aliphatic carbocycles. The van der Waals surface area contributed by atoms with Crippen LogP contribution in [-0.2, 0) is 10.0 Å². The number of aryl methyl sites for hydroxylation is 1. The number of hydrogen-bond acceptors (Lipinski definition) is 3. The summed E-state index contributed by atoms with van der Waals surface area (Å²) in [6, 6.07) is 17.8. The van der Waals surface area contributed by atoms with Gasteiger partial charge in [-0.2, -0.15) is 0 Å². The second-order valence-electron chi connectivity index (χ2n) is 5.24. The molecule has 1 aromatic heterocycles. The maximum absolute atomic E-state index is 12.4. The molecule has 0 aliphatic heterocycles. The largest absolute Gasteiger partial charge is 0.280 e. The van der Waals surface area contributed by atoms with Crippen LogP contribution in [0.25, 0.3) is 11.1 Å². The van der Waals surface area contributed by atoms with Crippen LogP contribution in [0.15, 0.2) is 78.0 Å². The minimum Gasteiger partial charge on any atom is -0.280 e. The van der Waals surface area contributed by atoms with Crippen LogP contribution in [0.2, 0.25) is 0 Å². The van der Waals surface area contributed by atoms with Gasteiger partial charge in [-0.15, -0.1) is 0 Å². The lowest BCUT2D eigenvalue weighted by Gasteiger charge is -2.09. The minimum atomic E-state index is -3.59. The zero-order valence-corrected chi connectivity index (χ0v) is 13.4. The number of benzene rings is 2. The van der Waals surface area contributed by atoms with Crippen molar-refractivity contribution in [2.75, 3.05) is 4.72 Å². The normalized spacial score (nSPS) is 11.2. The van der Waals surface area contributed by atoms with E-state index in [1.807, 2.05) is 31.2 Å². The molecule has 0 saturated carbocycles. The number of anilines is 1. The van der Waals surface area contributed by atoms with Gasteiger partial charge in [0, 0.05) is 18.1 Å². The molecule has 0 aliphatic rings. The molecule has 0 unspecified atom stereocenters. The Morgan fingerprint density at radius 2 is 1.70 bits per heavy atom. The van der Waals surface area contributed by atoms with Gasteiger partial charge in [-0.1, -0.05) is 30.3 Å². The number of hydrogen-bond donors (Lipinski definition) is 1. The molecule has 3 aromatic rings. The van der Waals surface area contributed by atoms with Crippen LogP contribution >= 0.6 is 0 Å². The number of aromatic nitrogens is 1. The van der Waals surface area contributed by atoms with Crippen LogP contribution in [0.3, 0.4) is 0 Å². The molecule has 0 atom stereocenters. The Kier molecular flexibility index (Phi) is 4.12. The average molecular weight is 324 g/mol. The Hall–Kier alpha value is -2.66. The van der Waals surface area contributed by atoms with Crippen molar-refractivity contribution < 1.29 is 8.42 Å². The molecule has 3 rings (SSSR count). The van der Waals surface area contributed by atoms with E-state index >= 15 is 0 Å². The molecular formula is C18H16N2O2S. The summed E-state index contributed by atoms with van der Waals surface area (Å²) in [4.78, 5) is 4.29.